The number of rotatable bonds is 7. The van der Waals surface area contributed by atoms with Gasteiger partial charge in [0.15, 0.2) is 11.6 Å². The predicted octanol–water partition coefficient (Wildman–Crippen LogP) is 1.84. The Morgan fingerprint density at radius 1 is 1.00 bits per heavy atom. The van der Waals surface area contributed by atoms with Gasteiger partial charge in [-0.15, -0.1) is 0 Å². The number of ether oxygens (including phenoxy) is 1. The normalized spacial score (nSPS) is 11.7. The molecule has 0 spiro atoms. The zero-order valence-corrected chi connectivity index (χ0v) is 12.5. The standard InChI is InChI=1S/C12H18F2O4Si/c1-5-8-18-9-6-7-10(12(14)11(9)13)19(15-2,16-3)17-4/h6-7H,5,8H2,1-4H3. The first-order valence-electron chi connectivity index (χ1n) is 5.83. The molecule has 0 aliphatic heterocycles. The molecule has 0 aliphatic rings. The quantitative estimate of drug-likeness (QED) is 0.719. The highest BCUT2D eigenvalue weighted by atomic mass is 28.4. The minimum atomic E-state index is -3.39. The summed E-state index contributed by atoms with van der Waals surface area (Å²) < 4.78 is 48.5. The molecule has 0 radical (unpaired) electrons. The molecule has 0 unspecified atom stereocenters. The van der Waals surface area contributed by atoms with Gasteiger partial charge in [-0.3, -0.25) is 0 Å². The van der Waals surface area contributed by atoms with Gasteiger partial charge >= 0.3 is 8.80 Å². The molecule has 1 rings (SSSR count). The van der Waals surface area contributed by atoms with Gasteiger partial charge in [-0.2, -0.15) is 4.39 Å². The van der Waals surface area contributed by atoms with Crippen LogP contribution in [0.25, 0.3) is 0 Å². The lowest BCUT2D eigenvalue weighted by atomic mass is 10.3. The van der Waals surface area contributed by atoms with Crippen LogP contribution in [0.4, 0.5) is 8.78 Å². The highest BCUT2D eigenvalue weighted by Gasteiger charge is 2.44. The van der Waals surface area contributed by atoms with Crippen molar-refractivity contribution in [3.05, 3.63) is 23.8 Å². The molecule has 4 nitrogen and oxygen atoms in total. The van der Waals surface area contributed by atoms with E-state index in [1.54, 1.807) is 0 Å². The lowest BCUT2D eigenvalue weighted by Gasteiger charge is -2.25. The summed E-state index contributed by atoms with van der Waals surface area (Å²) >= 11 is 0. The molecular formula is C12H18F2O4Si. The molecule has 0 atom stereocenters. The summed E-state index contributed by atoms with van der Waals surface area (Å²) in [7, 11) is 0.600. The number of hydrogen-bond acceptors (Lipinski definition) is 4. The largest absolute Gasteiger partial charge is 0.539 e. The highest BCUT2D eigenvalue weighted by molar-refractivity contribution is 6.75. The fourth-order valence-corrected chi connectivity index (χ4v) is 3.50. The van der Waals surface area contributed by atoms with E-state index in [0.29, 0.717) is 13.0 Å². The average Bonchev–Trinajstić information content (AvgIpc) is 2.44. The Morgan fingerprint density at radius 3 is 2.05 bits per heavy atom. The van der Waals surface area contributed by atoms with Crippen LogP contribution in [-0.2, 0) is 13.3 Å². The molecule has 1 aromatic rings. The van der Waals surface area contributed by atoms with Crippen LogP contribution in [0.5, 0.6) is 5.75 Å². The number of halogens is 2. The third kappa shape index (κ3) is 3.11. The topological polar surface area (TPSA) is 36.9 Å². The maximum absolute atomic E-state index is 14.1. The Kier molecular flexibility index (Phi) is 5.86. The van der Waals surface area contributed by atoms with Crippen LogP contribution in [0, 0.1) is 11.6 Å². The van der Waals surface area contributed by atoms with Crippen molar-refractivity contribution in [1.82, 2.24) is 0 Å². The lowest BCUT2D eigenvalue weighted by Crippen LogP contribution is -2.56. The molecule has 0 N–H and O–H groups in total. The summed E-state index contributed by atoms with van der Waals surface area (Å²) in [5, 5.41) is -0.0543. The van der Waals surface area contributed by atoms with Crippen molar-refractivity contribution >= 4 is 14.0 Å². The minimum absolute atomic E-state index is 0.0543. The van der Waals surface area contributed by atoms with Gasteiger partial charge in [-0.1, -0.05) is 6.92 Å². The van der Waals surface area contributed by atoms with E-state index in [2.05, 4.69) is 0 Å². The van der Waals surface area contributed by atoms with Crippen LogP contribution < -0.4 is 9.92 Å². The van der Waals surface area contributed by atoms with E-state index in [1.165, 1.54) is 33.5 Å². The Morgan fingerprint density at radius 2 is 1.58 bits per heavy atom. The van der Waals surface area contributed by atoms with Gasteiger partial charge in [0.05, 0.1) is 11.8 Å². The van der Waals surface area contributed by atoms with Gasteiger partial charge < -0.3 is 18.0 Å². The van der Waals surface area contributed by atoms with Crippen LogP contribution in [0.2, 0.25) is 0 Å². The number of hydrogen-bond donors (Lipinski definition) is 0. The molecule has 0 heterocycles. The van der Waals surface area contributed by atoms with Crippen LogP contribution >= 0.6 is 0 Å². The lowest BCUT2D eigenvalue weighted by molar-refractivity contribution is 0.139. The van der Waals surface area contributed by atoms with E-state index < -0.39 is 20.4 Å². The van der Waals surface area contributed by atoms with Gasteiger partial charge in [-0.05, 0) is 18.6 Å². The monoisotopic (exact) mass is 292 g/mol. The summed E-state index contributed by atoms with van der Waals surface area (Å²) in [6, 6.07) is 2.72. The van der Waals surface area contributed by atoms with E-state index in [1.807, 2.05) is 6.92 Å². The van der Waals surface area contributed by atoms with Crippen molar-refractivity contribution in [3.8, 4) is 5.75 Å². The summed E-state index contributed by atoms with van der Waals surface area (Å²) in [6.45, 7) is 2.19. The summed E-state index contributed by atoms with van der Waals surface area (Å²) in [4.78, 5) is 0. The van der Waals surface area contributed by atoms with Gasteiger partial charge in [0, 0.05) is 21.3 Å². The number of benzene rings is 1. The molecule has 0 saturated heterocycles. The first kappa shape index (κ1) is 16.0. The van der Waals surface area contributed by atoms with E-state index >= 15 is 0 Å². The van der Waals surface area contributed by atoms with Crippen molar-refractivity contribution in [3.63, 3.8) is 0 Å². The second kappa shape index (κ2) is 6.95. The second-order valence-corrected chi connectivity index (χ2v) is 6.63. The van der Waals surface area contributed by atoms with Crippen molar-refractivity contribution in [2.45, 2.75) is 13.3 Å². The van der Waals surface area contributed by atoms with Crippen LogP contribution in [0.1, 0.15) is 13.3 Å². The third-order valence-corrected chi connectivity index (χ3v) is 5.30. The van der Waals surface area contributed by atoms with Gasteiger partial charge in [0.1, 0.15) is 0 Å². The molecule has 0 saturated carbocycles. The maximum atomic E-state index is 14.1. The van der Waals surface area contributed by atoms with Crippen molar-refractivity contribution in [2.24, 2.45) is 0 Å². The molecular weight excluding hydrogens is 274 g/mol. The zero-order chi connectivity index (χ0) is 14.5. The first-order valence-corrected chi connectivity index (χ1v) is 7.55. The molecule has 1 aromatic carbocycles. The summed E-state index contributed by atoms with van der Waals surface area (Å²) in [5.41, 5.74) is 0. The van der Waals surface area contributed by atoms with E-state index in [-0.39, 0.29) is 10.9 Å². The van der Waals surface area contributed by atoms with E-state index in [9.17, 15) is 8.78 Å². The van der Waals surface area contributed by atoms with Gasteiger partial charge in [0.2, 0.25) is 5.82 Å². The minimum Gasteiger partial charge on any atom is -0.490 e. The summed E-state index contributed by atoms with van der Waals surface area (Å²) in [5.74, 6) is -2.26. The molecule has 0 fully saturated rings. The van der Waals surface area contributed by atoms with Crippen LogP contribution in [0.15, 0.2) is 12.1 Å². The van der Waals surface area contributed by atoms with Crippen molar-refractivity contribution < 1.29 is 26.8 Å². The predicted molar refractivity (Wildman–Crippen MR) is 68.6 cm³/mol. The fraction of sp³-hybridized carbons (Fsp3) is 0.500. The SMILES string of the molecule is CCCOc1ccc([Si](OC)(OC)OC)c(F)c1F. The molecule has 0 amide bonds. The van der Waals surface area contributed by atoms with Crippen molar-refractivity contribution in [2.75, 3.05) is 27.9 Å². The fourth-order valence-electron chi connectivity index (χ4n) is 1.67. The van der Waals surface area contributed by atoms with E-state index in [4.69, 9.17) is 18.0 Å². The molecule has 0 aromatic heterocycles. The Hall–Kier alpha value is -1.02. The van der Waals surface area contributed by atoms with Crippen LogP contribution in [-0.4, -0.2) is 36.7 Å². The van der Waals surface area contributed by atoms with E-state index in [0.717, 1.165) is 0 Å². The Labute approximate surface area is 112 Å². The second-order valence-electron chi connectivity index (χ2n) is 3.76. The molecule has 19 heavy (non-hydrogen) atoms. The molecule has 7 heteroatoms. The Bertz CT molecular complexity index is 416. The molecule has 0 bridgehead atoms. The van der Waals surface area contributed by atoms with Crippen LogP contribution in [0.3, 0.4) is 0 Å². The van der Waals surface area contributed by atoms with Gasteiger partial charge in [-0.25, -0.2) is 4.39 Å². The first-order chi connectivity index (χ1) is 9.06. The van der Waals surface area contributed by atoms with Gasteiger partial charge in [0.25, 0.3) is 0 Å². The molecule has 0 aliphatic carbocycles. The maximum Gasteiger partial charge on any atom is 0.539 e. The van der Waals surface area contributed by atoms with Crippen molar-refractivity contribution in [1.29, 1.82) is 0 Å². The average molecular weight is 292 g/mol. The zero-order valence-electron chi connectivity index (χ0n) is 11.5. The smallest absolute Gasteiger partial charge is 0.490 e. The third-order valence-electron chi connectivity index (χ3n) is 2.64. The highest BCUT2D eigenvalue weighted by Crippen LogP contribution is 2.21. The molecule has 108 valence electrons. The summed E-state index contributed by atoms with van der Waals surface area (Å²) in [6.07, 6.45) is 0.704. The Balaban J connectivity index is 3.21.